The molecular weight excluding hydrogens is 400 g/mol. The number of carbonyl (C=O) groups is 2. The second-order valence-corrected chi connectivity index (χ2v) is 11.0. The maximum absolute atomic E-state index is 13.3. The van der Waals surface area contributed by atoms with Crippen LogP contribution in [0.5, 0.6) is 0 Å². The van der Waals surface area contributed by atoms with E-state index in [-0.39, 0.29) is 35.3 Å². The summed E-state index contributed by atoms with van der Waals surface area (Å²) in [5.41, 5.74) is 0.994. The lowest BCUT2D eigenvalue weighted by molar-refractivity contribution is -0.152. The van der Waals surface area contributed by atoms with E-state index in [9.17, 15) is 9.59 Å². The van der Waals surface area contributed by atoms with E-state index in [0.717, 1.165) is 76.6 Å². The first-order chi connectivity index (χ1) is 13.9. The summed E-state index contributed by atoms with van der Waals surface area (Å²) in [6, 6.07) is 0. The molecule has 0 bridgehead atoms. The minimum absolute atomic E-state index is 0. The highest BCUT2D eigenvalue weighted by atomic mass is 35.5. The summed E-state index contributed by atoms with van der Waals surface area (Å²) in [7, 11) is 0. The number of halogens is 1. The molecule has 0 radical (unpaired) electrons. The lowest BCUT2D eigenvalue weighted by atomic mass is 9.45. The summed E-state index contributed by atoms with van der Waals surface area (Å²) in [6.07, 6.45) is 9.67. The van der Waals surface area contributed by atoms with Gasteiger partial charge < -0.3 is 10.2 Å². The Balaban J connectivity index is 0.00000218. The van der Waals surface area contributed by atoms with Crippen LogP contribution in [0.1, 0.15) is 78.1 Å². The zero-order chi connectivity index (χ0) is 20.2. The molecule has 4 saturated carbocycles. The van der Waals surface area contributed by atoms with Gasteiger partial charge in [0.2, 0.25) is 0 Å². The van der Waals surface area contributed by atoms with Crippen molar-refractivity contribution in [2.24, 2.45) is 39.7 Å². The maximum atomic E-state index is 13.3. The highest BCUT2D eigenvalue weighted by Gasteiger charge is 2.62. The third-order valence-corrected chi connectivity index (χ3v) is 9.59. The normalized spacial score (nSPS) is 47.1. The molecule has 0 amide bonds. The molecule has 5 rings (SSSR count). The number of nitrogens with one attached hydrogen (secondary N) is 1. The summed E-state index contributed by atoms with van der Waals surface area (Å²) in [5.74, 6) is 2.38. The number of hydrogen-bond acceptors (Lipinski definition) is 5. The second kappa shape index (κ2) is 8.20. The first-order valence-corrected chi connectivity index (χ1v) is 11.9. The second-order valence-electron chi connectivity index (χ2n) is 11.0. The molecule has 1 unspecified atom stereocenters. The fraction of sp³-hybridized carbons (Fsp3) is 0.875. The number of Topliss-reactive ketones (excluding diaryl/α,β-unsaturated/α-hetero) is 2. The average Bonchev–Trinajstić information content (AvgIpc) is 3.03. The van der Waals surface area contributed by atoms with Crippen molar-refractivity contribution in [2.45, 2.75) is 84.2 Å². The molecule has 5 aliphatic rings. The van der Waals surface area contributed by atoms with E-state index in [1.807, 2.05) is 0 Å². The molecule has 168 valence electrons. The van der Waals surface area contributed by atoms with Gasteiger partial charge in [-0.2, -0.15) is 0 Å². The van der Waals surface area contributed by atoms with E-state index in [1.165, 1.54) is 0 Å². The van der Waals surface area contributed by atoms with E-state index in [2.05, 4.69) is 24.3 Å². The minimum Gasteiger partial charge on any atom is -0.391 e. The topological polar surface area (TPSA) is 67.8 Å². The number of hydrogen-bond donors (Lipinski definition) is 1. The maximum Gasteiger partial charge on any atom is 0.139 e. The summed E-state index contributed by atoms with van der Waals surface area (Å²) in [5, 5.41) is 7.89. The Kier molecular flexibility index (Phi) is 6.08. The van der Waals surface area contributed by atoms with Crippen molar-refractivity contribution in [1.82, 2.24) is 5.32 Å². The Morgan fingerprint density at radius 3 is 2.63 bits per heavy atom. The van der Waals surface area contributed by atoms with Gasteiger partial charge in [0, 0.05) is 30.7 Å². The molecule has 1 saturated heterocycles. The number of fused-ring (bicyclic) bond motifs is 5. The summed E-state index contributed by atoms with van der Waals surface area (Å²) in [6.45, 7) is 6.50. The van der Waals surface area contributed by atoms with Gasteiger partial charge >= 0.3 is 0 Å². The predicted molar refractivity (Wildman–Crippen MR) is 119 cm³/mol. The van der Waals surface area contributed by atoms with Crippen LogP contribution in [0.25, 0.3) is 0 Å². The van der Waals surface area contributed by atoms with Crippen molar-refractivity contribution in [3.63, 3.8) is 0 Å². The van der Waals surface area contributed by atoms with Crippen molar-refractivity contribution < 1.29 is 14.4 Å². The van der Waals surface area contributed by atoms with Gasteiger partial charge in [0.05, 0.1) is 5.71 Å². The Labute approximate surface area is 186 Å². The molecule has 6 heteroatoms. The van der Waals surface area contributed by atoms with Gasteiger partial charge in [0.1, 0.15) is 17.7 Å². The van der Waals surface area contributed by atoms with E-state index in [4.69, 9.17) is 4.84 Å². The molecule has 30 heavy (non-hydrogen) atoms. The van der Waals surface area contributed by atoms with Crippen molar-refractivity contribution in [1.29, 1.82) is 0 Å². The minimum atomic E-state index is -0.159. The van der Waals surface area contributed by atoms with Gasteiger partial charge in [-0.05, 0) is 81.1 Å². The fourth-order valence-corrected chi connectivity index (χ4v) is 7.76. The first-order valence-electron chi connectivity index (χ1n) is 11.9. The fourth-order valence-electron chi connectivity index (χ4n) is 7.76. The highest BCUT2D eigenvalue weighted by molar-refractivity contribution is 5.93. The van der Waals surface area contributed by atoms with E-state index < -0.39 is 0 Å². The smallest absolute Gasteiger partial charge is 0.139 e. The molecule has 0 aromatic heterocycles. The average molecular weight is 437 g/mol. The van der Waals surface area contributed by atoms with E-state index >= 15 is 0 Å². The monoisotopic (exact) mass is 436 g/mol. The molecule has 5 nitrogen and oxygen atoms in total. The zero-order valence-corrected chi connectivity index (χ0v) is 19.3. The molecule has 1 aliphatic heterocycles. The lowest BCUT2D eigenvalue weighted by Crippen LogP contribution is -2.56. The summed E-state index contributed by atoms with van der Waals surface area (Å²) in [4.78, 5) is 31.7. The van der Waals surface area contributed by atoms with Crippen LogP contribution in [0.2, 0.25) is 0 Å². The van der Waals surface area contributed by atoms with Crippen LogP contribution < -0.4 is 5.32 Å². The number of piperidine rings is 1. The van der Waals surface area contributed by atoms with E-state index in [1.54, 1.807) is 0 Å². The van der Waals surface area contributed by atoms with Crippen molar-refractivity contribution in [3.8, 4) is 0 Å². The molecule has 5 fully saturated rings. The van der Waals surface area contributed by atoms with Crippen LogP contribution in [0.4, 0.5) is 0 Å². The largest absolute Gasteiger partial charge is 0.391 e. The molecule has 7 atom stereocenters. The number of nitrogens with zero attached hydrogens (tertiary/aromatic N) is 1. The molecule has 1 heterocycles. The van der Waals surface area contributed by atoms with Gasteiger partial charge in [0.25, 0.3) is 0 Å². The van der Waals surface area contributed by atoms with Crippen LogP contribution in [-0.2, 0) is 14.4 Å². The van der Waals surface area contributed by atoms with Gasteiger partial charge in [-0.1, -0.05) is 19.0 Å². The van der Waals surface area contributed by atoms with Crippen LogP contribution in [0, 0.1) is 34.5 Å². The third kappa shape index (κ3) is 3.44. The Morgan fingerprint density at radius 1 is 1.03 bits per heavy atom. The SMILES string of the molecule is C[C@]12CC/C(=N\OC3CCCNC3)C[C@@H]1C(=O)C[C@@H]1[C@@H]2CC[C@]2(C)C(=O)CC[C@@H]12.Cl. The predicted octanol–water partition coefficient (Wildman–Crippen LogP) is 4.32. The Hall–Kier alpha value is -0.940. The van der Waals surface area contributed by atoms with Crippen LogP contribution in [0.3, 0.4) is 0 Å². The molecule has 0 aromatic rings. The highest BCUT2D eigenvalue weighted by Crippen LogP contribution is 2.64. The van der Waals surface area contributed by atoms with Gasteiger partial charge in [-0.15, -0.1) is 12.4 Å². The van der Waals surface area contributed by atoms with Crippen molar-refractivity contribution in [3.05, 3.63) is 0 Å². The number of oxime groups is 1. The Morgan fingerprint density at radius 2 is 1.87 bits per heavy atom. The number of ketones is 2. The molecule has 0 spiro atoms. The van der Waals surface area contributed by atoms with Crippen LogP contribution in [0.15, 0.2) is 5.16 Å². The van der Waals surface area contributed by atoms with E-state index in [0.29, 0.717) is 35.7 Å². The summed E-state index contributed by atoms with van der Waals surface area (Å²) >= 11 is 0. The van der Waals surface area contributed by atoms with Gasteiger partial charge in [-0.25, -0.2) is 0 Å². The summed E-state index contributed by atoms with van der Waals surface area (Å²) < 4.78 is 0. The standard InChI is InChI=1S/C24H36N2O3.ClH/c1-23-9-7-15(26-29-16-4-3-11-25-14-16)12-20(23)21(27)13-17-18-5-6-22(28)24(18,2)10-8-19(17)23;/h16-20,25H,3-14H2,1-2H3;1H/b26-15+;/t16?,17-,18-,19-,20+,23+,24-;/m0./s1. The van der Waals surface area contributed by atoms with Gasteiger partial charge in [0.15, 0.2) is 0 Å². The third-order valence-electron chi connectivity index (χ3n) is 9.59. The van der Waals surface area contributed by atoms with Gasteiger partial charge in [-0.3, -0.25) is 9.59 Å². The molecular formula is C24H37ClN2O3. The first kappa shape index (κ1) is 22.3. The molecule has 0 aromatic carbocycles. The zero-order valence-electron chi connectivity index (χ0n) is 18.5. The number of rotatable bonds is 2. The molecule has 1 N–H and O–H groups in total. The quantitative estimate of drug-likeness (QED) is 0.654. The molecule has 4 aliphatic carbocycles. The Bertz CT molecular complexity index is 734. The van der Waals surface area contributed by atoms with Crippen LogP contribution >= 0.6 is 12.4 Å². The number of carbonyl (C=O) groups excluding carboxylic acids is 2. The van der Waals surface area contributed by atoms with Crippen LogP contribution in [-0.4, -0.2) is 36.5 Å². The lowest BCUT2D eigenvalue weighted by Gasteiger charge is -2.58. The van der Waals surface area contributed by atoms with Crippen molar-refractivity contribution >= 4 is 29.7 Å². The van der Waals surface area contributed by atoms with Crippen molar-refractivity contribution in [2.75, 3.05) is 13.1 Å².